The average Bonchev–Trinajstić information content (AvgIpc) is 3.50. The number of benzene rings is 1. The zero-order valence-corrected chi connectivity index (χ0v) is 17.7. The van der Waals surface area contributed by atoms with Crippen molar-refractivity contribution < 1.29 is 14.3 Å². The van der Waals surface area contributed by atoms with E-state index < -0.39 is 18.5 Å². The predicted octanol–water partition coefficient (Wildman–Crippen LogP) is 3.59. The minimum absolute atomic E-state index is 0.130. The second-order valence-electron chi connectivity index (χ2n) is 7.66. The summed E-state index contributed by atoms with van der Waals surface area (Å²) in [6.45, 7) is 3.53. The molecule has 0 unspecified atom stereocenters. The van der Waals surface area contributed by atoms with Crippen LogP contribution in [0.25, 0.3) is 6.08 Å². The number of carbonyl (C=O) groups excluding carboxylic acids is 2. The van der Waals surface area contributed by atoms with E-state index >= 15 is 0 Å². The number of amides is 1. The van der Waals surface area contributed by atoms with Crippen LogP contribution in [0.5, 0.6) is 0 Å². The molecule has 30 heavy (non-hydrogen) atoms. The smallest absolute Gasteiger partial charge is 0.349 e. The predicted molar refractivity (Wildman–Crippen MR) is 116 cm³/mol. The van der Waals surface area contributed by atoms with Gasteiger partial charge in [-0.15, -0.1) is 0 Å². The fourth-order valence-electron chi connectivity index (χ4n) is 3.38. The van der Waals surface area contributed by atoms with Crippen LogP contribution in [0.2, 0.25) is 0 Å². The van der Waals surface area contributed by atoms with Crippen molar-refractivity contribution in [1.29, 1.82) is 5.26 Å². The second-order valence-corrected chi connectivity index (χ2v) is 7.66. The van der Waals surface area contributed by atoms with Gasteiger partial charge in [0.25, 0.3) is 5.91 Å². The normalized spacial score (nSPS) is 13.5. The van der Waals surface area contributed by atoms with E-state index in [9.17, 15) is 14.9 Å². The van der Waals surface area contributed by atoms with Crippen molar-refractivity contribution in [3.05, 3.63) is 52.9 Å². The summed E-state index contributed by atoms with van der Waals surface area (Å²) < 4.78 is 7.28. The number of esters is 1. The monoisotopic (exact) mass is 406 g/mol. The van der Waals surface area contributed by atoms with E-state index in [1.807, 2.05) is 57.1 Å². The number of nitrogens with one attached hydrogen (secondary N) is 1. The molecule has 1 saturated carbocycles. The van der Waals surface area contributed by atoms with Gasteiger partial charge in [0.2, 0.25) is 0 Å². The van der Waals surface area contributed by atoms with Crippen molar-refractivity contribution in [3.8, 4) is 6.07 Å². The van der Waals surface area contributed by atoms with Gasteiger partial charge in [0, 0.05) is 42.9 Å². The standard InChI is InChI=1S/C23H26N4O3/c1-15-11-17(16(2)27(15)21-9-10-21)12-18(13-24)23(29)30-14-22(28)25-19-5-7-20(8-6-19)26(3)4/h5-8,11-12,21H,9-10,14H2,1-4H3,(H,25,28)/b18-12+. The topological polar surface area (TPSA) is 87.4 Å². The van der Waals surface area contributed by atoms with Crippen LogP contribution in [0.15, 0.2) is 35.9 Å². The van der Waals surface area contributed by atoms with Crippen LogP contribution in [0.4, 0.5) is 11.4 Å². The third-order valence-corrected chi connectivity index (χ3v) is 5.08. The van der Waals surface area contributed by atoms with Crippen molar-refractivity contribution >= 4 is 29.3 Å². The lowest BCUT2D eigenvalue weighted by molar-refractivity contribution is -0.142. The maximum absolute atomic E-state index is 12.3. The highest BCUT2D eigenvalue weighted by Crippen LogP contribution is 2.38. The first kappa shape index (κ1) is 21.2. The van der Waals surface area contributed by atoms with E-state index in [2.05, 4.69) is 9.88 Å². The summed E-state index contributed by atoms with van der Waals surface area (Å²) in [5.74, 6) is -1.28. The number of rotatable bonds is 7. The van der Waals surface area contributed by atoms with Crippen LogP contribution < -0.4 is 10.2 Å². The van der Waals surface area contributed by atoms with Gasteiger partial charge in [0.05, 0.1) is 0 Å². The molecular formula is C23H26N4O3. The van der Waals surface area contributed by atoms with Gasteiger partial charge in [-0.1, -0.05) is 0 Å². The number of nitriles is 1. The quantitative estimate of drug-likeness (QED) is 0.431. The number of carbonyl (C=O) groups is 2. The Bertz CT molecular complexity index is 1020. The summed E-state index contributed by atoms with van der Waals surface area (Å²) >= 11 is 0. The fourth-order valence-corrected chi connectivity index (χ4v) is 3.38. The molecule has 156 valence electrons. The summed E-state index contributed by atoms with van der Waals surface area (Å²) in [5, 5.41) is 12.1. The molecule has 0 aliphatic heterocycles. The summed E-state index contributed by atoms with van der Waals surface area (Å²) in [6.07, 6.45) is 3.83. The Morgan fingerprint density at radius 2 is 1.93 bits per heavy atom. The Kier molecular flexibility index (Phi) is 6.26. The van der Waals surface area contributed by atoms with Crippen LogP contribution in [0.3, 0.4) is 0 Å². The first-order valence-electron chi connectivity index (χ1n) is 9.84. The van der Waals surface area contributed by atoms with E-state index in [1.54, 1.807) is 12.1 Å². The third kappa shape index (κ3) is 4.90. The molecule has 2 aromatic rings. The molecule has 0 bridgehead atoms. The Hall–Kier alpha value is -3.53. The highest BCUT2D eigenvalue weighted by molar-refractivity contribution is 6.00. The second kappa shape index (κ2) is 8.87. The molecule has 1 aliphatic carbocycles. The minimum atomic E-state index is -0.813. The number of ether oxygens (including phenoxy) is 1. The largest absolute Gasteiger partial charge is 0.451 e. The van der Waals surface area contributed by atoms with Crippen LogP contribution in [0.1, 0.15) is 35.8 Å². The highest BCUT2D eigenvalue weighted by atomic mass is 16.5. The number of nitrogens with zero attached hydrogens (tertiary/aromatic N) is 3. The lowest BCUT2D eigenvalue weighted by Crippen LogP contribution is -2.21. The third-order valence-electron chi connectivity index (χ3n) is 5.08. The molecule has 0 spiro atoms. The van der Waals surface area contributed by atoms with Gasteiger partial charge < -0.3 is 19.5 Å². The molecule has 1 aromatic carbocycles. The van der Waals surface area contributed by atoms with Gasteiger partial charge in [-0.25, -0.2) is 4.79 Å². The Balaban J connectivity index is 1.60. The number of aromatic nitrogens is 1. The first-order chi connectivity index (χ1) is 14.3. The summed E-state index contributed by atoms with van der Waals surface area (Å²) in [7, 11) is 3.86. The van der Waals surface area contributed by atoms with E-state index in [4.69, 9.17) is 4.74 Å². The number of aryl methyl sites for hydroxylation is 1. The number of anilines is 2. The van der Waals surface area contributed by atoms with Gasteiger partial charge in [-0.05, 0) is 68.7 Å². The van der Waals surface area contributed by atoms with Crippen LogP contribution in [0, 0.1) is 25.2 Å². The van der Waals surface area contributed by atoms with Gasteiger partial charge >= 0.3 is 5.97 Å². The molecule has 1 heterocycles. The Labute approximate surface area is 176 Å². The summed E-state index contributed by atoms with van der Waals surface area (Å²) in [6, 6.07) is 11.6. The van der Waals surface area contributed by atoms with Crippen molar-refractivity contribution in [2.75, 3.05) is 30.9 Å². The van der Waals surface area contributed by atoms with Crippen molar-refractivity contribution in [2.45, 2.75) is 32.7 Å². The van der Waals surface area contributed by atoms with Gasteiger partial charge in [0.1, 0.15) is 11.6 Å². The van der Waals surface area contributed by atoms with Crippen molar-refractivity contribution in [1.82, 2.24) is 4.57 Å². The molecule has 1 fully saturated rings. The Morgan fingerprint density at radius 3 is 2.50 bits per heavy atom. The lowest BCUT2D eigenvalue weighted by atomic mass is 10.1. The molecule has 7 nitrogen and oxygen atoms in total. The molecule has 0 radical (unpaired) electrons. The Morgan fingerprint density at radius 1 is 1.27 bits per heavy atom. The van der Waals surface area contributed by atoms with Crippen molar-refractivity contribution in [3.63, 3.8) is 0 Å². The van der Waals surface area contributed by atoms with Crippen molar-refractivity contribution in [2.24, 2.45) is 0 Å². The minimum Gasteiger partial charge on any atom is -0.451 e. The van der Waals surface area contributed by atoms with Gasteiger partial charge in [-0.3, -0.25) is 4.79 Å². The molecule has 3 rings (SSSR count). The molecule has 1 aromatic heterocycles. The van der Waals surface area contributed by atoms with E-state index in [0.717, 1.165) is 35.5 Å². The fraction of sp³-hybridized carbons (Fsp3) is 0.348. The lowest BCUT2D eigenvalue weighted by Gasteiger charge is -2.13. The first-order valence-corrected chi connectivity index (χ1v) is 9.84. The van der Waals surface area contributed by atoms with E-state index in [-0.39, 0.29) is 5.57 Å². The zero-order valence-electron chi connectivity index (χ0n) is 17.7. The number of hydrogen-bond donors (Lipinski definition) is 1. The molecule has 0 saturated heterocycles. The maximum atomic E-state index is 12.3. The van der Waals surface area contributed by atoms with Gasteiger partial charge in [-0.2, -0.15) is 5.26 Å². The van der Waals surface area contributed by atoms with Gasteiger partial charge in [0.15, 0.2) is 6.61 Å². The summed E-state index contributed by atoms with van der Waals surface area (Å²) in [4.78, 5) is 26.3. The zero-order chi connectivity index (χ0) is 21.8. The van der Waals surface area contributed by atoms with Crippen LogP contribution in [-0.4, -0.2) is 37.1 Å². The van der Waals surface area contributed by atoms with E-state index in [1.165, 1.54) is 6.08 Å². The highest BCUT2D eigenvalue weighted by Gasteiger charge is 2.27. The van der Waals surface area contributed by atoms with Crippen LogP contribution in [-0.2, 0) is 14.3 Å². The SMILES string of the molecule is Cc1cc(/C=C(\C#N)C(=O)OCC(=O)Nc2ccc(N(C)C)cc2)c(C)n1C1CC1. The molecular weight excluding hydrogens is 380 g/mol. The number of hydrogen-bond acceptors (Lipinski definition) is 5. The summed E-state index contributed by atoms with van der Waals surface area (Å²) in [5.41, 5.74) is 4.42. The van der Waals surface area contributed by atoms with E-state index in [0.29, 0.717) is 11.7 Å². The average molecular weight is 406 g/mol. The molecule has 0 atom stereocenters. The van der Waals surface area contributed by atoms with Crippen LogP contribution >= 0.6 is 0 Å². The molecule has 1 aliphatic rings. The molecule has 1 amide bonds. The molecule has 1 N–H and O–H groups in total. The maximum Gasteiger partial charge on any atom is 0.349 e. The molecule has 7 heteroatoms.